The van der Waals surface area contributed by atoms with E-state index in [1.165, 1.54) is 270 Å². The number of unbranched alkanes of at least 4 members (excludes halogenated alkanes) is 55. The van der Waals surface area contributed by atoms with Crippen LogP contribution in [0.2, 0.25) is 0 Å². The van der Waals surface area contributed by atoms with E-state index in [0.29, 0.717) is 25.7 Å². The smallest absolute Gasteiger partial charge is 0.462 e. The summed E-state index contributed by atoms with van der Waals surface area (Å²) in [6.07, 6.45) is 68.0. The van der Waals surface area contributed by atoms with Gasteiger partial charge in [-0.25, -0.2) is 9.13 Å². The average molecular weight is 1490 g/mol. The second-order valence-corrected chi connectivity index (χ2v) is 33.3. The molecular weight excluding hydrogens is 1330 g/mol. The Kier molecular flexibility index (Phi) is 74.4. The van der Waals surface area contributed by atoms with E-state index in [9.17, 15) is 43.2 Å². The number of carbonyl (C=O) groups is 4. The van der Waals surface area contributed by atoms with Crippen molar-refractivity contribution in [1.82, 2.24) is 0 Å². The summed E-state index contributed by atoms with van der Waals surface area (Å²) in [5, 5.41) is 10.6. The van der Waals surface area contributed by atoms with Gasteiger partial charge in [0.25, 0.3) is 0 Å². The molecule has 17 nitrogen and oxygen atoms in total. The predicted octanol–water partition coefficient (Wildman–Crippen LogP) is 25.2. The Bertz CT molecular complexity index is 1940. The lowest BCUT2D eigenvalue weighted by atomic mass is 10.0. The van der Waals surface area contributed by atoms with E-state index in [-0.39, 0.29) is 25.7 Å². The van der Waals surface area contributed by atoms with Gasteiger partial charge >= 0.3 is 39.5 Å². The highest BCUT2D eigenvalue weighted by molar-refractivity contribution is 7.47. The summed E-state index contributed by atoms with van der Waals surface area (Å²) in [4.78, 5) is 73.1. The van der Waals surface area contributed by atoms with Crippen LogP contribution in [0, 0.1) is 5.92 Å². The number of aliphatic hydroxyl groups is 1. The normalized spacial score (nSPS) is 13.8. The fraction of sp³-hybridized carbons (Fsp3) is 0.952. The van der Waals surface area contributed by atoms with Crippen LogP contribution in [0.25, 0.3) is 0 Å². The molecule has 0 aromatic carbocycles. The Balaban J connectivity index is 5.22. The van der Waals surface area contributed by atoms with Crippen LogP contribution in [-0.2, 0) is 65.4 Å². The number of rotatable bonds is 83. The van der Waals surface area contributed by atoms with Crippen molar-refractivity contribution < 1.29 is 80.2 Å². The second-order valence-electron chi connectivity index (χ2n) is 30.3. The molecule has 0 aliphatic carbocycles. The van der Waals surface area contributed by atoms with Gasteiger partial charge in [-0.2, -0.15) is 0 Å². The molecule has 0 heterocycles. The molecule has 0 bridgehead atoms. The number of phosphoric ester groups is 2. The minimum absolute atomic E-state index is 0.108. The molecule has 0 spiro atoms. The molecule has 0 aliphatic heterocycles. The molecule has 0 saturated heterocycles. The van der Waals surface area contributed by atoms with Crippen LogP contribution >= 0.6 is 15.6 Å². The lowest BCUT2D eigenvalue weighted by Gasteiger charge is -2.21. The van der Waals surface area contributed by atoms with Crippen molar-refractivity contribution in [2.45, 2.75) is 464 Å². The molecule has 606 valence electrons. The van der Waals surface area contributed by atoms with Crippen LogP contribution in [0.5, 0.6) is 0 Å². The molecule has 0 aromatic heterocycles. The number of ether oxygens (including phenoxy) is 4. The summed E-state index contributed by atoms with van der Waals surface area (Å²) >= 11 is 0. The topological polar surface area (TPSA) is 237 Å². The van der Waals surface area contributed by atoms with Gasteiger partial charge in [-0.3, -0.25) is 37.3 Å². The van der Waals surface area contributed by atoms with Gasteiger partial charge < -0.3 is 33.8 Å². The van der Waals surface area contributed by atoms with Crippen molar-refractivity contribution in [1.29, 1.82) is 0 Å². The first-order valence-corrected chi connectivity index (χ1v) is 46.1. The average Bonchev–Trinajstić information content (AvgIpc) is 0.915. The van der Waals surface area contributed by atoms with E-state index in [4.69, 9.17) is 37.0 Å². The van der Waals surface area contributed by atoms with Crippen molar-refractivity contribution in [2.24, 2.45) is 5.92 Å². The SMILES string of the molecule is CCCCCCCCCCCCCCCCCCCCCCC(=O)O[C@H](COC(=O)CCCCCCCCCCCCCCCCCCC(C)C)COP(=O)(O)OC[C@@H](O)COP(=O)(O)OC[C@@H](COC(=O)CCCCCCCCCCCCC)OC(=O)CCCCCCCCCCCCCC. The van der Waals surface area contributed by atoms with Crippen molar-refractivity contribution in [3.05, 3.63) is 0 Å². The van der Waals surface area contributed by atoms with E-state index >= 15 is 0 Å². The van der Waals surface area contributed by atoms with Crippen LogP contribution in [-0.4, -0.2) is 96.7 Å². The lowest BCUT2D eigenvalue weighted by Crippen LogP contribution is -2.30. The Labute approximate surface area is 626 Å². The maximum atomic E-state index is 13.1. The zero-order valence-corrected chi connectivity index (χ0v) is 68.5. The number of aliphatic hydroxyl groups excluding tert-OH is 1. The maximum absolute atomic E-state index is 13.1. The zero-order valence-electron chi connectivity index (χ0n) is 66.8. The van der Waals surface area contributed by atoms with Gasteiger partial charge in [-0.1, -0.05) is 394 Å². The second kappa shape index (κ2) is 75.9. The van der Waals surface area contributed by atoms with Crippen LogP contribution < -0.4 is 0 Å². The zero-order chi connectivity index (χ0) is 74.8. The van der Waals surface area contributed by atoms with Crippen LogP contribution in [0.15, 0.2) is 0 Å². The van der Waals surface area contributed by atoms with Crippen LogP contribution in [0.3, 0.4) is 0 Å². The summed E-state index contributed by atoms with van der Waals surface area (Å²) < 4.78 is 68.8. The summed E-state index contributed by atoms with van der Waals surface area (Å²) in [6.45, 7) is 7.37. The van der Waals surface area contributed by atoms with E-state index in [1.807, 2.05) is 0 Å². The third kappa shape index (κ3) is 76.3. The van der Waals surface area contributed by atoms with E-state index in [0.717, 1.165) is 95.8 Å². The first kappa shape index (κ1) is 100. The Morgan fingerprint density at radius 2 is 0.451 bits per heavy atom. The number of phosphoric acid groups is 2. The quantitative estimate of drug-likeness (QED) is 0.0222. The van der Waals surface area contributed by atoms with Gasteiger partial charge in [0.05, 0.1) is 26.4 Å². The molecule has 0 rings (SSSR count). The highest BCUT2D eigenvalue weighted by Gasteiger charge is 2.30. The molecule has 3 N–H and O–H groups in total. The molecule has 0 amide bonds. The summed E-state index contributed by atoms with van der Waals surface area (Å²) in [7, 11) is -9.92. The molecule has 2 unspecified atom stereocenters. The van der Waals surface area contributed by atoms with Gasteiger partial charge in [0.1, 0.15) is 19.3 Å². The summed E-state index contributed by atoms with van der Waals surface area (Å²) in [6, 6.07) is 0. The van der Waals surface area contributed by atoms with E-state index in [1.54, 1.807) is 0 Å². The van der Waals surface area contributed by atoms with Crippen molar-refractivity contribution in [2.75, 3.05) is 39.6 Å². The van der Waals surface area contributed by atoms with E-state index < -0.39 is 97.5 Å². The van der Waals surface area contributed by atoms with Gasteiger partial charge in [-0.05, 0) is 31.6 Å². The maximum Gasteiger partial charge on any atom is 0.472 e. The van der Waals surface area contributed by atoms with Gasteiger partial charge in [0, 0.05) is 25.7 Å². The van der Waals surface area contributed by atoms with Crippen molar-refractivity contribution >= 4 is 39.5 Å². The number of hydrogen-bond acceptors (Lipinski definition) is 15. The molecule has 0 aliphatic rings. The Morgan fingerprint density at radius 3 is 0.667 bits per heavy atom. The van der Waals surface area contributed by atoms with Gasteiger partial charge in [0.15, 0.2) is 12.2 Å². The number of esters is 4. The molecule has 0 aromatic rings. The Hall–Kier alpha value is -1.94. The Morgan fingerprint density at radius 1 is 0.265 bits per heavy atom. The monoisotopic (exact) mass is 1490 g/mol. The first-order chi connectivity index (χ1) is 49.5. The fourth-order valence-corrected chi connectivity index (χ4v) is 14.5. The van der Waals surface area contributed by atoms with Gasteiger partial charge in [-0.15, -0.1) is 0 Å². The summed E-state index contributed by atoms with van der Waals surface area (Å²) in [5.41, 5.74) is 0. The lowest BCUT2D eigenvalue weighted by molar-refractivity contribution is -0.161. The fourth-order valence-electron chi connectivity index (χ4n) is 12.9. The molecule has 0 fully saturated rings. The standard InChI is InChI=1S/C83H162O17P2/c1-6-9-12-15-18-21-24-26-27-28-29-30-31-36-39-44-49-54-59-64-69-83(88)100-79(73-94-81(86)67-62-57-52-47-43-38-35-33-32-34-37-41-45-50-55-60-65-76(4)5)75-98-102(91,92)96-71-77(84)70-95-101(89,90)97-74-78(72-93-80(85)66-61-56-51-46-40-23-20-17-14-11-8-3)99-82(87)68-63-58-53-48-42-25-22-19-16-13-10-7-2/h76-79,84H,6-75H2,1-5H3,(H,89,90)(H,91,92)/t77-,78+,79+/m0/s1. The number of carbonyl (C=O) groups excluding carboxylic acids is 4. The number of hydrogen-bond donors (Lipinski definition) is 3. The largest absolute Gasteiger partial charge is 0.472 e. The van der Waals surface area contributed by atoms with Gasteiger partial charge in [0.2, 0.25) is 0 Å². The molecule has 5 atom stereocenters. The van der Waals surface area contributed by atoms with Crippen LogP contribution in [0.1, 0.15) is 446 Å². The molecule has 19 heteroatoms. The highest BCUT2D eigenvalue weighted by Crippen LogP contribution is 2.45. The highest BCUT2D eigenvalue weighted by atomic mass is 31.2. The van der Waals surface area contributed by atoms with Crippen molar-refractivity contribution in [3.63, 3.8) is 0 Å². The molecular formula is C83H162O17P2. The van der Waals surface area contributed by atoms with Crippen molar-refractivity contribution in [3.8, 4) is 0 Å². The molecule has 0 radical (unpaired) electrons. The minimum Gasteiger partial charge on any atom is -0.462 e. The van der Waals surface area contributed by atoms with Crippen LogP contribution in [0.4, 0.5) is 0 Å². The summed E-state index contributed by atoms with van der Waals surface area (Å²) in [5.74, 6) is -1.29. The molecule has 102 heavy (non-hydrogen) atoms. The first-order valence-electron chi connectivity index (χ1n) is 43.1. The predicted molar refractivity (Wildman–Crippen MR) is 418 cm³/mol. The third-order valence-corrected chi connectivity index (χ3v) is 21.4. The minimum atomic E-state index is -4.96. The van der Waals surface area contributed by atoms with E-state index in [2.05, 4.69) is 34.6 Å². The third-order valence-electron chi connectivity index (χ3n) is 19.5. The molecule has 0 saturated carbocycles.